The number of benzene rings is 2. The van der Waals surface area contributed by atoms with Gasteiger partial charge >= 0.3 is 0 Å². The minimum absolute atomic E-state index is 0.0366. The SMILES string of the molecule is CC(C)C[C@@H](CNc1cc(-n2ccnc2)nc(NCc2cccc(Cl)c2)n1)NC(=O)Cc1ccc(Cl)cc1. The van der Waals surface area contributed by atoms with Gasteiger partial charge in [-0.3, -0.25) is 9.36 Å². The summed E-state index contributed by atoms with van der Waals surface area (Å²) in [6, 6.07) is 16.7. The van der Waals surface area contributed by atoms with Gasteiger partial charge in [-0.2, -0.15) is 9.97 Å². The first kappa shape index (κ1) is 27.4. The minimum atomic E-state index is -0.0793. The van der Waals surface area contributed by atoms with E-state index in [2.05, 4.69) is 44.7 Å². The van der Waals surface area contributed by atoms with Gasteiger partial charge in [0.1, 0.15) is 18.0 Å². The Labute approximate surface area is 232 Å². The maximum Gasteiger partial charge on any atom is 0.226 e. The van der Waals surface area contributed by atoms with Gasteiger partial charge in [-0.25, -0.2) is 4.98 Å². The number of rotatable bonds is 12. The number of amides is 1. The molecule has 0 fully saturated rings. The van der Waals surface area contributed by atoms with Crippen LogP contribution in [0.5, 0.6) is 0 Å². The molecule has 1 atom stereocenters. The lowest BCUT2D eigenvalue weighted by Gasteiger charge is -2.22. The van der Waals surface area contributed by atoms with E-state index >= 15 is 0 Å². The van der Waals surface area contributed by atoms with Crippen molar-refractivity contribution in [2.45, 2.75) is 39.3 Å². The molecule has 2 aromatic heterocycles. The monoisotopic (exact) mass is 551 g/mol. The number of aromatic nitrogens is 4. The maximum absolute atomic E-state index is 12.8. The predicted octanol–water partition coefficient (Wildman–Crippen LogP) is 5.77. The van der Waals surface area contributed by atoms with Crippen molar-refractivity contribution in [3.8, 4) is 5.82 Å². The smallest absolute Gasteiger partial charge is 0.226 e. The molecule has 0 radical (unpaired) electrons. The van der Waals surface area contributed by atoms with Crippen LogP contribution in [0.15, 0.2) is 73.3 Å². The fourth-order valence-electron chi connectivity index (χ4n) is 4.02. The van der Waals surface area contributed by atoms with E-state index in [4.69, 9.17) is 23.2 Å². The zero-order chi connectivity index (χ0) is 26.9. The zero-order valence-electron chi connectivity index (χ0n) is 21.4. The third-order valence-corrected chi connectivity index (χ3v) is 6.24. The first-order chi connectivity index (χ1) is 18.3. The van der Waals surface area contributed by atoms with Crippen molar-refractivity contribution >= 4 is 40.9 Å². The topological polar surface area (TPSA) is 96.8 Å². The summed E-state index contributed by atoms with van der Waals surface area (Å²) in [6.07, 6.45) is 6.32. The van der Waals surface area contributed by atoms with Crippen LogP contribution in [-0.2, 0) is 17.8 Å². The van der Waals surface area contributed by atoms with Crippen molar-refractivity contribution in [2.75, 3.05) is 17.2 Å². The first-order valence-corrected chi connectivity index (χ1v) is 13.2. The predicted molar refractivity (Wildman–Crippen MR) is 153 cm³/mol. The molecule has 1 amide bonds. The Balaban J connectivity index is 1.45. The number of hydrogen-bond acceptors (Lipinski definition) is 6. The number of halogens is 2. The van der Waals surface area contributed by atoms with Crippen molar-refractivity contribution < 1.29 is 4.79 Å². The molecule has 3 N–H and O–H groups in total. The lowest BCUT2D eigenvalue weighted by atomic mass is 10.0. The van der Waals surface area contributed by atoms with Crippen LogP contribution >= 0.6 is 23.2 Å². The Morgan fingerprint density at radius 2 is 1.79 bits per heavy atom. The van der Waals surface area contributed by atoms with Gasteiger partial charge in [0.2, 0.25) is 11.9 Å². The van der Waals surface area contributed by atoms with Crippen molar-refractivity contribution in [1.29, 1.82) is 0 Å². The van der Waals surface area contributed by atoms with E-state index in [-0.39, 0.29) is 11.9 Å². The Morgan fingerprint density at radius 1 is 0.974 bits per heavy atom. The Morgan fingerprint density at radius 3 is 2.50 bits per heavy atom. The molecule has 0 aliphatic heterocycles. The summed E-state index contributed by atoms with van der Waals surface area (Å²) < 4.78 is 1.82. The molecule has 2 heterocycles. The van der Waals surface area contributed by atoms with Crippen LogP contribution < -0.4 is 16.0 Å². The molecule has 38 heavy (non-hydrogen) atoms. The summed E-state index contributed by atoms with van der Waals surface area (Å²) in [5, 5.41) is 11.2. The van der Waals surface area contributed by atoms with Crippen LogP contribution in [0.25, 0.3) is 5.82 Å². The molecule has 0 unspecified atom stereocenters. The highest BCUT2D eigenvalue weighted by molar-refractivity contribution is 6.30. The molecule has 4 rings (SSSR count). The lowest BCUT2D eigenvalue weighted by molar-refractivity contribution is -0.121. The summed E-state index contributed by atoms with van der Waals surface area (Å²) in [4.78, 5) is 26.2. The quantitative estimate of drug-likeness (QED) is 0.207. The normalized spacial score (nSPS) is 11.8. The number of nitrogens with zero attached hydrogens (tertiary/aromatic N) is 4. The third-order valence-electron chi connectivity index (χ3n) is 5.75. The number of carbonyl (C=O) groups is 1. The number of imidazole rings is 1. The van der Waals surface area contributed by atoms with Crippen LogP contribution in [0.2, 0.25) is 10.0 Å². The molecule has 198 valence electrons. The fraction of sp³-hybridized carbons (Fsp3) is 0.286. The Bertz CT molecular complexity index is 1330. The van der Waals surface area contributed by atoms with E-state index in [0.29, 0.717) is 53.1 Å². The van der Waals surface area contributed by atoms with E-state index in [9.17, 15) is 4.79 Å². The molecule has 0 saturated heterocycles. The summed E-state index contributed by atoms with van der Waals surface area (Å²) in [7, 11) is 0. The maximum atomic E-state index is 12.8. The average molecular weight is 553 g/mol. The van der Waals surface area contributed by atoms with Gasteiger partial charge < -0.3 is 16.0 Å². The van der Waals surface area contributed by atoms with E-state index in [1.54, 1.807) is 24.7 Å². The van der Waals surface area contributed by atoms with E-state index in [0.717, 1.165) is 17.5 Å². The number of anilines is 2. The van der Waals surface area contributed by atoms with E-state index in [1.165, 1.54) is 0 Å². The second kappa shape index (κ2) is 13.3. The summed E-state index contributed by atoms with van der Waals surface area (Å²) in [5.41, 5.74) is 1.93. The third kappa shape index (κ3) is 8.46. The zero-order valence-corrected chi connectivity index (χ0v) is 22.9. The van der Waals surface area contributed by atoms with Crippen molar-refractivity contribution in [2.24, 2.45) is 5.92 Å². The molecule has 8 nitrogen and oxygen atoms in total. The van der Waals surface area contributed by atoms with Crippen LogP contribution in [0.4, 0.5) is 11.8 Å². The Hall–Kier alpha value is -3.62. The molecular formula is C28H31Cl2N7O. The molecular weight excluding hydrogens is 521 g/mol. The molecule has 0 aliphatic rings. The van der Waals surface area contributed by atoms with E-state index in [1.807, 2.05) is 53.2 Å². The second-order valence-electron chi connectivity index (χ2n) is 9.47. The standard InChI is InChI=1S/C28H31Cl2N7O/c1-19(2)12-24(34-27(38)14-20-6-8-22(29)9-7-20)17-32-25-15-26(37-11-10-31-18-37)36-28(35-25)33-16-21-4-3-5-23(30)13-21/h3-11,13,15,18-19,24H,12,14,16-17H2,1-2H3,(H,34,38)(H2,32,33,35,36)/t24-/m0/s1. The summed E-state index contributed by atoms with van der Waals surface area (Å²) in [6.45, 7) is 5.30. The van der Waals surface area contributed by atoms with Gasteiger partial charge in [-0.15, -0.1) is 0 Å². The summed E-state index contributed by atoms with van der Waals surface area (Å²) in [5.74, 6) is 2.13. The number of hydrogen-bond donors (Lipinski definition) is 3. The highest BCUT2D eigenvalue weighted by atomic mass is 35.5. The van der Waals surface area contributed by atoms with Gasteiger partial charge in [-0.05, 0) is 47.7 Å². The average Bonchev–Trinajstić information content (AvgIpc) is 3.42. The Kier molecular flexibility index (Phi) is 9.56. The molecule has 0 saturated carbocycles. The molecule has 10 heteroatoms. The highest BCUT2D eigenvalue weighted by Crippen LogP contribution is 2.17. The fourth-order valence-corrected chi connectivity index (χ4v) is 4.35. The largest absolute Gasteiger partial charge is 0.368 e. The highest BCUT2D eigenvalue weighted by Gasteiger charge is 2.16. The van der Waals surface area contributed by atoms with Gasteiger partial charge in [-0.1, -0.05) is 61.3 Å². The van der Waals surface area contributed by atoms with Gasteiger partial charge in [0.15, 0.2) is 0 Å². The van der Waals surface area contributed by atoms with Crippen molar-refractivity contribution in [1.82, 2.24) is 24.8 Å². The van der Waals surface area contributed by atoms with Crippen LogP contribution in [0.1, 0.15) is 31.4 Å². The van der Waals surface area contributed by atoms with Gasteiger partial charge in [0.25, 0.3) is 0 Å². The van der Waals surface area contributed by atoms with Gasteiger partial charge in [0.05, 0.1) is 6.42 Å². The van der Waals surface area contributed by atoms with Gasteiger partial charge in [0, 0.05) is 47.6 Å². The second-order valence-corrected chi connectivity index (χ2v) is 10.3. The van der Waals surface area contributed by atoms with Crippen LogP contribution in [-0.4, -0.2) is 38.0 Å². The molecule has 4 aromatic rings. The van der Waals surface area contributed by atoms with Crippen molar-refractivity contribution in [3.63, 3.8) is 0 Å². The molecule has 2 aromatic carbocycles. The molecule has 0 bridgehead atoms. The first-order valence-electron chi connectivity index (χ1n) is 12.5. The van der Waals surface area contributed by atoms with Crippen molar-refractivity contribution in [3.05, 3.63) is 94.5 Å². The van der Waals surface area contributed by atoms with E-state index < -0.39 is 0 Å². The summed E-state index contributed by atoms with van der Waals surface area (Å²) >= 11 is 12.1. The number of nitrogens with one attached hydrogen (secondary N) is 3. The molecule has 0 aliphatic carbocycles. The lowest BCUT2D eigenvalue weighted by Crippen LogP contribution is -2.41. The minimum Gasteiger partial charge on any atom is -0.368 e. The van der Waals surface area contributed by atoms with Crippen LogP contribution in [0.3, 0.4) is 0 Å². The molecule has 0 spiro atoms. The number of carbonyl (C=O) groups excluding carboxylic acids is 1. The van der Waals surface area contributed by atoms with Crippen LogP contribution in [0, 0.1) is 5.92 Å².